The van der Waals surface area contributed by atoms with E-state index < -0.39 is 0 Å². The van der Waals surface area contributed by atoms with Crippen LogP contribution in [-0.4, -0.2) is 22.2 Å². The number of halogens is 2. The molecule has 0 bridgehead atoms. The van der Waals surface area contributed by atoms with Gasteiger partial charge in [-0.1, -0.05) is 40.9 Å². The van der Waals surface area contributed by atoms with Crippen LogP contribution in [0.5, 0.6) is 0 Å². The number of amides is 1. The molecular formula is C17H24BrClN4O. The molecule has 1 amide bonds. The summed E-state index contributed by atoms with van der Waals surface area (Å²) in [6, 6.07) is 9.88. The van der Waals surface area contributed by atoms with Gasteiger partial charge in [-0.2, -0.15) is 5.10 Å². The Kier molecular flexibility index (Phi) is 9.67. The molecule has 0 saturated heterocycles. The van der Waals surface area contributed by atoms with Crippen LogP contribution in [0.4, 0.5) is 5.82 Å². The quantitative estimate of drug-likeness (QED) is 0.609. The fourth-order valence-electron chi connectivity index (χ4n) is 2.36. The first kappa shape index (κ1) is 20.7. The summed E-state index contributed by atoms with van der Waals surface area (Å²) in [5.41, 5.74) is 6.58. The molecule has 0 radical (unpaired) electrons. The van der Waals surface area contributed by atoms with Gasteiger partial charge in [0.05, 0.1) is 12.7 Å². The Morgan fingerprint density at radius 3 is 2.75 bits per heavy atom. The first-order valence-electron chi connectivity index (χ1n) is 7.95. The van der Waals surface area contributed by atoms with Gasteiger partial charge in [-0.15, -0.1) is 12.4 Å². The van der Waals surface area contributed by atoms with Gasteiger partial charge >= 0.3 is 0 Å². The molecule has 0 unspecified atom stereocenters. The number of nitrogens with zero attached hydrogens (tertiary/aromatic N) is 2. The zero-order valence-corrected chi connectivity index (χ0v) is 16.0. The molecule has 0 aliphatic heterocycles. The molecule has 1 aromatic heterocycles. The number of hydrogen-bond acceptors (Lipinski definition) is 3. The third-order valence-corrected chi connectivity index (χ3v) is 4.06. The normalized spacial score (nSPS) is 10.2. The second-order valence-electron chi connectivity index (χ2n) is 5.51. The van der Waals surface area contributed by atoms with Crippen molar-refractivity contribution in [2.45, 2.75) is 38.6 Å². The number of carbonyl (C=O) groups excluding carboxylic acids is 1. The molecule has 24 heavy (non-hydrogen) atoms. The van der Waals surface area contributed by atoms with Gasteiger partial charge in [0, 0.05) is 17.0 Å². The van der Waals surface area contributed by atoms with Crippen molar-refractivity contribution in [2.24, 2.45) is 5.73 Å². The fourth-order valence-corrected chi connectivity index (χ4v) is 2.81. The molecule has 5 nitrogen and oxygen atoms in total. The van der Waals surface area contributed by atoms with E-state index in [1.165, 1.54) is 0 Å². The van der Waals surface area contributed by atoms with Crippen molar-refractivity contribution in [3.05, 3.63) is 46.6 Å². The fraction of sp³-hybridized carbons (Fsp3) is 0.412. The number of nitrogens with two attached hydrogens (primary N) is 1. The zero-order chi connectivity index (χ0) is 16.5. The van der Waals surface area contributed by atoms with Crippen LogP contribution in [0.2, 0.25) is 0 Å². The zero-order valence-electron chi connectivity index (χ0n) is 13.6. The molecule has 2 rings (SSSR count). The van der Waals surface area contributed by atoms with Crippen molar-refractivity contribution in [1.82, 2.24) is 9.78 Å². The number of aromatic nitrogens is 2. The third kappa shape index (κ3) is 7.03. The summed E-state index contributed by atoms with van der Waals surface area (Å²) in [7, 11) is 0. The van der Waals surface area contributed by atoms with Crippen LogP contribution in [-0.2, 0) is 11.3 Å². The number of benzene rings is 1. The molecule has 0 aliphatic carbocycles. The van der Waals surface area contributed by atoms with E-state index in [1.807, 2.05) is 30.3 Å². The molecule has 0 spiro atoms. The van der Waals surface area contributed by atoms with Crippen LogP contribution >= 0.6 is 28.3 Å². The van der Waals surface area contributed by atoms with E-state index in [-0.39, 0.29) is 18.3 Å². The largest absolute Gasteiger partial charge is 0.330 e. The molecule has 1 aromatic carbocycles. The van der Waals surface area contributed by atoms with Gasteiger partial charge < -0.3 is 11.1 Å². The molecule has 0 aliphatic rings. The lowest BCUT2D eigenvalue weighted by Crippen LogP contribution is -2.15. The predicted octanol–water partition coefficient (Wildman–Crippen LogP) is 3.96. The van der Waals surface area contributed by atoms with Gasteiger partial charge in [-0.25, -0.2) is 4.68 Å². The molecule has 3 N–H and O–H groups in total. The van der Waals surface area contributed by atoms with Gasteiger partial charge in [0.2, 0.25) is 5.91 Å². The lowest BCUT2D eigenvalue weighted by atomic mass is 10.1. The maximum Gasteiger partial charge on any atom is 0.225 e. The minimum Gasteiger partial charge on any atom is -0.330 e. The molecule has 0 atom stereocenters. The molecule has 2 aromatic rings. The first-order chi connectivity index (χ1) is 11.2. The third-order valence-electron chi connectivity index (χ3n) is 3.56. The standard InChI is InChI=1S/C17H23BrN4O.ClH/c18-15-7-5-6-14(12-15)13-22-16(9-11-20-22)21-17(23)8-3-1-2-4-10-19;/h5-7,9,11-12H,1-4,8,10,13,19H2,(H,21,23);1H. The molecular weight excluding hydrogens is 392 g/mol. The maximum absolute atomic E-state index is 12.0. The van der Waals surface area contributed by atoms with Crippen molar-refractivity contribution < 1.29 is 4.79 Å². The highest BCUT2D eigenvalue weighted by atomic mass is 79.9. The number of rotatable bonds is 9. The number of hydrogen-bond donors (Lipinski definition) is 2. The van der Waals surface area contributed by atoms with Crippen molar-refractivity contribution >= 4 is 40.1 Å². The second-order valence-corrected chi connectivity index (χ2v) is 6.42. The SMILES string of the molecule is Cl.NCCCCCCC(=O)Nc1ccnn1Cc1cccc(Br)c1. The average molecular weight is 416 g/mol. The van der Waals surface area contributed by atoms with E-state index in [2.05, 4.69) is 26.3 Å². The smallest absolute Gasteiger partial charge is 0.225 e. The topological polar surface area (TPSA) is 72.9 Å². The number of anilines is 1. The molecule has 0 saturated carbocycles. The van der Waals surface area contributed by atoms with E-state index in [4.69, 9.17) is 5.73 Å². The number of nitrogens with one attached hydrogen (secondary N) is 1. The second kappa shape index (κ2) is 11.2. The van der Waals surface area contributed by atoms with Gasteiger partial charge in [0.25, 0.3) is 0 Å². The Balaban J connectivity index is 0.00000288. The minimum atomic E-state index is 0. The van der Waals surface area contributed by atoms with Crippen LogP contribution in [0, 0.1) is 0 Å². The summed E-state index contributed by atoms with van der Waals surface area (Å²) in [6.45, 7) is 1.35. The Labute approximate surface area is 157 Å². The monoisotopic (exact) mass is 414 g/mol. The first-order valence-corrected chi connectivity index (χ1v) is 8.74. The van der Waals surface area contributed by atoms with Crippen molar-refractivity contribution in [1.29, 1.82) is 0 Å². The highest BCUT2D eigenvalue weighted by molar-refractivity contribution is 9.10. The van der Waals surface area contributed by atoms with Crippen molar-refractivity contribution in [3.63, 3.8) is 0 Å². The van der Waals surface area contributed by atoms with E-state index in [9.17, 15) is 4.79 Å². The molecule has 1 heterocycles. The number of carbonyl (C=O) groups is 1. The van der Waals surface area contributed by atoms with E-state index in [1.54, 1.807) is 10.9 Å². The van der Waals surface area contributed by atoms with Crippen molar-refractivity contribution in [3.8, 4) is 0 Å². The Morgan fingerprint density at radius 1 is 1.21 bits per heavy atom. The predicted molar refractivity (Wildman–Crippen MR) is 103 cm³/mol. The van der Waals surface area contributed by atoms with Gasteiger partial charge in [0.1, 0.15) is 5.82 Å². The maximum atomic E-state index is 12.0. The van der Waals surface area contributed by atoms with E-state index in [0.717, 1.165) is 48.1 Å². The lowest BCUT2D eigenvalue weighted by Gasteiger charge is -2.09. The summed E-state index contributed by atoms with van der Waals surface area (Å²) in [5.74, 6) is 0.769. The van der Waals surface area contributed by atoms with Crippen LogP contribution in [0.3, 0.4) is 0 Å². The van der Waals surface area contributed by atoms with Crippen LogP contribution < -0.4 is 11.1 Å². The van der Waals surface area contributed by atoms with Crippen LogP contribution in [0.25, 0.3) is 0 Å². The van der Waals surface area contributed by atoms with Crippen LogP contribution in [0.15, 0.2) is 41.0 Å². The molecule has 7 heteroatoms. The Bertz CT molecular complexity index is 633. The summed E-state index contributed by atoms with van der Waals surface area (Å²) < 4.78 is 2.83. The highest BCUT2D eigenvalue weighted by Crippen LogP contribution is 2.15. The van der Waals surface area contributed by atoms with Gasteiger partial charge in [0.15, 0.2) is 0 Å². The Morgan fingerprint density at radius 2 is 2.00 bits per heavy atom. The summed E-state index contributed by atoms with van der Waals surface area (Å²) in [5, 5.41) is 7.23. The number of unbranched alkanes of at least 4 members (excludes halogenated alkanes) is 3. The van der Waals surface area contributed by atoms with Crippen LogP contribution in [0.1, 0.15) is 37.7 Å². The average Bonchev–Trinajstić information content (AvgIpc) is 2.94. The summed E-state index contributed by atoms with van der Waals surface area (Å²) >= 11 is 3.46. The highest BCUT2D eigenvalue weighted by Gasteiger charge is 2.08. The molecule has 0 fully saturated rings. The Hall–Kier alpha value is -1.37. The van der Waals surface area contributed by atoms with Crippen molar-refractivity contribution in [2.75, 3.05) is 11.9 Å². The van der Waals surface area contributed by atoms with E-state index in [0.29, 0.717) is 13.0 Å². The lowest BCUT2D eigenvalue weighted by molar-refractivity contribution is -0.116. The summed E-state index contributed by atoms with van der Waals surface area (Å²) in [4.78, 5) is 12.0. The van der Waals surface area contributed by atoms with Gasteiger partial charge in [-0.3, -0.25) is 4.79 Å². The molecule has 132 valence electrons. The van der Waals surface area contributed by atoms with Gasteiger partial charge in [-0.05, 0) is 37.1 Å². The van der Waals surface area contributed by atoms with E-state index >= 15 is 0 Å². The minimum absolute atomic E-state index is 0. The summed E-state index contributed by atoms with van der Waals surface area (Å²) in [6.07, 6.45) is 6.29.